The Hall–Kier alpha value is -1.10. The number of esters is 1. The Morgan fingerprint density at radius 3 is 2.32 bits per heavy atom. The van der Waals surface area contributed by atoms with E-state index in [1.54, 1.807) is 32.9 Å². The number of ether oxygens (including phenoxy) is 1. The minimum Gasteiger partial charge on any atom is -0.466 e. The van der Waals surface area contributed by atoms with Crippen LogP contribution in [0.5, 0.6) is 0 Å². The summed E-state index contributed by atoms with van der Waals surface area (Å²) in [7, 11) is 0. The number of halogens is 1. The molecule has 0 aliphatic heterocycles. The second-order valence-corrected chi connectivity index (χ2v) is 4.91. The van der Waals surface area contributed by atoms with Crippen LogP contribution in [0.2, 0.25) is 5.02 Å². The SMILES string of the molecule is CCOC(=O)CC(O)C(O)c1c(C)cc(Cl)cc1C. The molecule has 1 aromatic rings. The molecule has 0 saturated carbocycles. The highest BCUT2D eigenvalue weighted by Gasteiger charge is 2.24. The molecule has 0 spiro atoms. The second kappa shape index (κ2) is 6.89. The molecule has 5 heteroatoms. The van der Waals surface area contributed by atoms with Crippen LogP contribution < -0.4 is 0 Å². The van der Waals surface area contributed by atoms with Crippen molar-refractivity contribution in [2.75, 3.05) is 6.61 Å². The third kappa shape index (κ3) is 4.20. The largest absolute Gasteiger partial charge is 0.466 e. The molecular formula is C14H19ClO4. The minimum absolute atomic E-state index is 0.240. The molecule has 2 N–H and O–H groups in total. The van der Waals surface area contributed by atoms with Gasteiger partial charge in [-0.15, -0.1) is 0 Å². The summed E-state index contributed by atoms with van der Waals surface area (Å²) in [5.41, 5.74) is 2.15. The van der Waals surface area contributed by atoms with Crippen molar-refractivity contribution in [3.63, 3.8) is 0 Å². The summed E-state index contributed by atoms with van der Waals surface area (Å²) in [6.45, 7) is 5.54. The van der Waals surface area contributed by atoms with Crippen molar-refractivity contribution in [3.8, 4) is 0 Å². The van der Waals surface area contributed by atoms with Gasteiger partial charge in [0.1, 0.15) is 6.10 Å². The van der Waals surface area contributed by atoms with Gasteiger partial charge in [-0.25, -0.2) is 0 Å². The first-order valence-corrected chi connectivity index (χ1v) is 6.53. The van der Waals surface area contributed by atoms with Crippen LogP contribution in [-0.2, 0) is 9.53 Å². The highest BCUT2D eigenvalue weighted by molar-refractivity contribution is 6.30. The van der Waals surface area contributed by atoms with E-state index in [2.05, 4.69) is 0 Å². The highest BCUT2D eigenvalue weighted by atomic mass is 35.5. The van der Waals surface area contributed by atoms with E-state index in [1.807, 2.05) is 0 Å². The van der Waals surface area contributed by atoms with Gasteiger partial charge in [-0.3, -0.25) is 4.79 Å². The lowest BCUT2D eigenvalue weighted by Crippen LogP contribution is -2.24. The normalized spacial score (nSPS) is 14.0. The molecule has 2 atom stereocenters. The van der Waals surface area contributed by atoms with E-state index in [0.717, 1.165) is 11.1 Å². The summed E-state index contributed by atoms with van der Waals surface area (Å²) in [4.78, 5) is 11.3. The zero-order valence-electron chi connectivity index (χ0n) is 11.3. The van der Waals surface area contributed by atoms with Crippen molar-refractivity contribution in [2.45, 2.75) is 39.4 Å². The fourth-order valence-electron chi connectivity index (χ4n) is 2.08. The molecule has 0 bridgehead atoms. The maximum atomic E-state index is 11.3. The lowest BCUT2D eigenvalue weighted by molar-refractivity contribution is -0.147. The zero-order chi connectivity index (χ0) is 14.6. The quantitative estimate of drug-likeness (QED) is 0.815. The molecule has 0 radical (unpaired) electrons. The lowest BCUT2D eigenvalue weighted by atomic mass is 9.93. The summed E-state index contributed by atoms with van der Waals surface area (Å²) in [5, 5.41) is 20.6. The van der Waals surface area contributed by atoms with Crippen LogP contribution >= 0.6 is 11.6 Å². The lowest BCUT2D eigenvalue weighted by Gasteiger charge is -2.21. The predicted octanol–water partition coefficient (Wildman–Crippen LogP) is 2.30. The average Bonchev–Trinajstić information content (AvgIpc) is 2.27. The van der Waals surface area contributed by atoms with Crippen LogP contribution in [0.15, 0.2) is 12.1 Å². The molecule has 0 fully saturated rings. The molecule has 0 saturated heterocycles. The standard InChI is InChI=1S/C14H19ClO4/c1-4-19-12(17)7-11(16)14(18)13-8(2)5-10(15)6-9(13)3/h5-6,11,14,16,18H,4,7H2,1-3H3. The van der Waals surface area contributed by atoms with Crippen molar-refractivity contribution in [2.24, 2.45) is 0 Å². The Morgan fingerprint density at radius 2 is 1.84 bits per heavy atom. The molecule has 106 valence electrons. The van der Waals surface area contributed by atoms with Crippen molar-refractivity contribution < 1.29 is 19.7 Å². The van der Waals surface area contributed by atoms with Gasteiger partial charge >= 0.3 is 5.97 Å². The van der Waals surface area contributed by atoms with E-state index in [-0.39, 0.29) is 13.0 Å². The molecular weight excluding hydrogens is 268 g/mol. The van der Waals surface area contributed by atoms with Gasteiger partial charge in [0.15, 0.2) is 0 Å². The van der Waals surface area contributed by atoms with Crippen molar-refractivity contribution in [3.05, 3.63) is 33.8 Å². The van der Waals surface area contributed by atoms with Crippen molar-refractivity contribution in [1.29, 1.82) is 0 Å². The molecule has 4 nitrogen and oxygen atoms in total. The van der Waals surface area contributed by atoms with Crippen LogP contribution in [0.1, 0.15) is 36.1 Å². The molecule has 0 aliphatic rings. The number of hydrogen-bond donors (Lipinski definition) is 2. The number of aliphatic hydroxyl groups excluding tert-OH is 2. The first kappa shape index (κ1) is 16.0. The molecule has 0 aromatic heterocycles. The number of aryl methyl sites for hydroxylation is 2. The molecule has 0 aliphatic carbocycles. The third-order valence-electron chi connectivity index (χ3n) is 2.90. The predicted molar refractivity (Wildman–Crippen MR) is 73.1 cm³/mol. The van der Waals surface area contributed by atoms with E-state index >= 15 is 0 Å². The van der Waals surface area contributed by atoms with Crippen molar-refractivity contribution in [1.82, 2.24) is 0 Å². The topological polar surface area (TPSA) is 66.8 Å². The van der Waals surface area contributed by atoms with Crippen LogP contribution in [0.3, 0.4) is 0 Å². The van der Waals surface area contributed by atoms with Gasteiger partial charge in [-0.05, 0) is 49.6 Å². The number of aliphatic hydroxyl groups is 2. The van der Waals surface area contributed by atoms with Crippen LogP contribution in [0.25, 0.3) is 0 Å². The number of carbonyl (C=O) groups excluding carboxylic acids is 1. The van der Waals surface area contributed by atoms with Gasteiger partial charge in [0.05, 0.1) is 19.1 Å². The molecule has 2 unspecified atom stereocenters. The van der Waals surface area contributed by atoms with E-state index < -0.39 is 18.2 Å². The summed E-state index contributed by atoms with van der Waals surface area (Å²) in [6, 6.07) is 3.42. The first-order chi connectivity index (χ1) is 8.86. The second-order valence-electron chi connectivity index (χ2n) is 4.47. The highest BCUT2D eigenvalue weighted by Crippen LogP contribution is 2.28. The number of benzene rings is 1. The Morgan fingerprint density at radius 1 is 1.32 bits per heavy atom. The zero-order valence-corrected chi connectivity index (χ0v) is 12.1. The Kier molecular flexibility index (Phi) is 5.79. The molecule has 0 amide bonds. The van der Waals surface area contributed by atoms with Gasteiger partial charge in [0.2, 0.25) is 0 Å². The van der Waals surface area contributed by atoms with Crippen LogP contribution in [-0.4, -0.2) is 28.9 Å². The van der Waals surface area contributed by atoms with Gasteiger partial charge in [-0.2, -0.15) is 0 Å². The molecule has 1 rings (SSSR count). The van der Waals surface area contributed by atoms with Crippen LogP contribution in [0, 0.1) is 13.8 Å². The number of rotatable bonds is 5. The summed E-state index contributed by atoms with van der Waals surface area (Å²) < 4.78 is 4.75. The van der Waals surface area contributed by atoms with E-state index in [0.29, 0.717) is 10.6 Å². The minimum atomic E-state index is -1.20. The fourth-order valence-corrected chi connectivity index (χ4v) is 2.41. The Bertz CT molecular complexity index is 436. The van der Waals surface area contributed by atoms with Gasteiger partial charge in [-0.1, -0.05) is 11.6 Å². The Balaban J connectivity index is 2.88. The van der Waals surface area contributed by atoms with Gasteiger partial charge in [0, 0.05) is 5.02 Å². The maximum Gasteiger partial charge on any atom is 0.308 e. The van der Waals surface area contributed by atoms with Crippen LogP contribution in [0.4, 0.5) is 0 Å². The van der Waals surface area contributed by atoms with E-state index in [4.69, 9.17) is 16.3 Å². The van der Waals surface area contributed by atoms with Gasteiger partial charge in [0.25, 0.3) is 0 Å². The number of carbonyl (C=O) groups is 1. The fraction of sp³-hybridized carbons (Fsp3) is 0.500. The average molecular weight is 287 g/mol. The maximum absolute atomic E-state index is 11.3. The smallest absolute Gasteiger partial charge is 0.308 e. The first-order valence-electron chi connectivity index (χ1n) is 6.15. The third-order valence-corrected chi connectivity index (χ3v) is 3.12. The summed E-state index contributed by atoms with van der Waals surface area (Å²) >= 11 is 5.91. The molecule has 0 heterocycles. The summed E-state index contributed by atoms with van der Waals surface area (Å²) in [6.07, 6.45) is -2.57. The summed E-state index contributed by atoms with van der Waals surface area (Å²) in [5.74, 6) is -0.529. The van der Waals surface area contributed by atoms with Crippen molar-refractivity contribution >= 4 is 17.6 Å². The molecule has 1 aromatic carbocycles. The monoisotopic (exact) mass is 286 g/mol. The Labute approximate surface area is 118 Å². The van der Waals surface area contributed by atoms with Gasteiger partial charge < -0.3 is 14.9 Å². The number of hydrogen-bond acceptors (Lipinski definition) is 4. The van der Waals surface area contributed by atoms with E-state index in [1.165, 1.54) is 0 Å². The molecule has 19 heavy (non-hydrogen) atoms. The van der Waals surface area contributed by atoms with E-state index in [9.17, 15) is 15.0 Å².